The van der Waals surface area contributed by atoms with Crippen LogP contribution in [0.3, 0.4) is 0 Å². The summed E-state index contributed by atoms with van der Waals surface area (Å²) in [4.78, 5) is 12.4. The molecule has 0 aliphatic rings. The molecule has 2 aromatic carbocycles. The summed E-state index contributed by atoms with van der Waals surface area (Å²) in [5.74, 6) is -0.263. The molecule has 27 heavy (non-hydrogen) atoms. The van der Waals surface area contributed by atoms with E-state index in [2.05, 4.69) is 15.6 Å². The van der Waals surface area contributed by atoms with Crippen molar-refractivity contribution in [2.24, 2.45) is 0 Å². The molecule has 1 aromatic heterocycles. The van der Waals surface area contributed by atoms with Gasteiger partial charge in [0, 0.05) is 5.69 Å². The third-order valence-electron chi connectivity index (χ3n) is 3.70. The van der Waals surface area contributed by atoms with Gasteiger partial charge in [0.25, 0.3) is 5.91 Å². The summed E-state index contributed by atoms with van der Waals surface area (Å²) >= 11 is 0. The fourth-order valence-corrected chi connectivity index (χ4v) is 2.37. The number of hydrogen-bond donors (Lipinski definition) is 2. The van der Waals surface area contributed by atoms with Crippen molar-refractivity contribution in [3.8, 4) is 11.4 Å². The van der Waals surface area contributed by atoms with Crippen LogP contribution in [0.1, 0.15) is 16.1 Å². The zero-order chi connectivity index (χ0) is 19.6. The number of nitrogens with two attached hydrogens (primary N) is 1. The Bertz CT molecular complexity index is 967. The number of aromatic nitrogens is 3. The van der Waals surface area contributed by atoms with Crippen LogP contribution in [0.15, 0.2) is 48.5 Å². The number of rotatable bonds is 4. The first kappa shape index (κ1) is 18.2. The molecule has 140 valence electrons. The van der Waals surface area contributed by atoms with Gasteiger partial charge in [-0.3, -0.25) is 4.79 Å². The van der Waals surface area contributed by atoms with E-state index in [0.29, 0.717) is 11.4 Å². The fourth-order valence-electron chi connectivity index (χ4n) is 2.37. The smallest absolute Gasteiger partial charge is 0.416 e. The van der Waals surface area contributed by atoms with Gasteiger partial charge in [-0.05, 0) is 36.4 Å². The average Bonchev–Trinajstić information content (AvgIpc) is 3.02. The predicted molar refractivity (Wildman–Crippen MR) is 91.7 cm³/mol. The Balaban J connectivity index is 1.83. The maximum Gasteiger partial charge on any atom is 0.416 e. The molecule has 10 heteroatoms. The minimum Gasteiger partial charge on any atom is -0.494 e. The summed E-state index contributed by atoms with van der Waals surface area (Å²) in [5.41, 5.74) is 5.63. The standard InChI is InChI=1S/C17H14F3N5O2/c1-27-13-5-3-2-4-12(13)25-15(21)14(23-24-25)16(26)22-11-8-6-10(7-9-11)17(18,19)20/h2-9H,21H2,1H3,(H,22,26). The number of ether oxygens (including phenoxy) is 1. The molecule has 3 rings (SSSR count). The number of nitrogens with zero attached hydrogens (tertiary/aromatic N) is 3. The van der Waals surface area contributed by atoms with Gasteiger partial charge in [-0.1, -0.05) is 17.3 Å². The molecule has 7 nitrogen and oxygen atoms in total. The number of benzene rings is 2. The quantitative estimate of drug-likeness (QED) is 0.728. The minimum atomic E-state index is -4.45. The van der Waals surface area contributed by atoms with Crippen LogP contribution in [0.4, 0.5) is 24.7 Å². The molecule has 0 spiro atoms. The number of methoxy groups -OCH3 is 1. The number of anilines is 2. The van der Waals surface area contributed by atoms with Crippen LogP contribution < -0.4 is 15.8 Å². The molecule has 0 atom stereocenters. The van der Waals surface area contributed by atoms with Gasteiger partial charge in [0.2, 0.25) is 0 Å². The lowest BCUT2D eigenvalue weighted by Crippen LogP contribution is -2.15. The van der Waals surface area contributed by atoms with E-state index < -0.39 is 17.6 Å². The van der Waals surface area contributed by atoms with E-state index in [9.17, 15) is 18.0 Å². The van der Waals surface area contributed by atoms with Crippen molar-refractivity contribution in [1.29, 1.82) is 0 Å². The normalized spacial score (nSPS) is 11.3. The molecule has 0 saturated heterocycles. The Morgan fingerprint density at radius 1 is 1.15 bits per heavy atom. The third-order valence-corrected chi connectivity index (χ3v) is 3.70. The van der Waals surface area contributed by atoms with Gasteiger partial charge >= 0.3 is 6.18 Å². The van der Waals surface area contributed by atoms with Crippen LogP contribution in [0.5, 0.6) is 5.75 Å². The van der Waals surface area contributed by atoms with Crippen molar-refractivity contribution in [3.05, 3.63) is 59.8 Å². The first-order chi connectivity index (χ1) is 12.8. The van der Waals surface area contributed by atoms with Crippen molar-refractivity contribution >= 4 is 17.4 Å². The second kappa shape index (κ2) is 6.98. The lowest BCUT2D eigenvalue weighted by Gasteiger charge is -2.09. The van der Waals surface area contributed by atoms with E-state index >= 15 is 0 Å². The summed E-state index contributed by atoms with van der Waals surface area (Å²) in [5, 5.41) is 10.1. The summed E-state index contributed by atoms with van der Waals surface area (Å²) < 4.78 is 44.2. The SMILES string of the molecule is COc1ccccc1-n1nnc(C(=O)Nc2ccc(C(F)(F)F)cc2)c1N. The molecule has 0 aliphatic carbocycles. The Hall–Kier alpha value is -3.56. The zero-order valence-corrected chi connectivity index (χ0v) is 14.0. The highest BCUT2D eigenvalue weighted by molar-refractivity contribution is 6.05. The Kier molecular flexibility index (Phi) is 4.72. The summed E-state index contributed by atoms with van der Waals surface area (Å²) in [6.45, 7) is 0. The molecule has 3 aromatic rings. The maximum absolute atomic E-state index is 12.6. The first-order valence-electron chi connectivity index (χ1n) is 7.64. The number of nitrogen functional groups attached to an aromatic ring is 1. The maximum atomic E-state index is 12.6. The van der Waals surface area contributed by atoms with Gasteiger partial charge in [0.05, 0.1) is 12.7 Å². The predicted octanol–water partition coefficient (Wildman–Crippen LogP) is 3.13. The molecule has 3 N–H and O–H groups in total. The van der Waals surface area contributed by atoms with Crippen molar-refractivity contribution < 1.29 is 22.7 Å². The second-order valence-corrected chi connectivity index (χ2v) is 5.44. The Morgan fingerprint density at radius 3 is 2.44 bits per heavy atom. The van der Waals surface area contributed by atoms with E-state index in [1.54, 1.807) is 24.3 Å². The number of amides is 1. The third kappa shape index (κ3) is 3.68. The number of carbonyl (C=O) groups excluding carboxylic acids is 1. The van der Waals surface area contributed by atoms with E-state index in [-0.39, 0.29) is 17.2 Å². The van der Waals surface area contributed by atoms with E-state index in [1.165, 1.54) is 11.8 Å². The molecule has 0 saturated carbocycles. The van der Waals surface area contributed by atoms with Crippen molar-refractivity contribution in [1.82, 2.24) is 15.0 Å². The number of alkyl halides is 3. The van der Waals surface area contributed by atoms with Crippen LogP contribution in [0.2, 0.25) is 0 Å². The highest BCUT2D eigenvalue weighted by atomic mass is 19.4. The molecular formula is C17H14F3N5O2. The van der Waals surface area contributed by atoms with Crippen molar-refractivity contribution in [2.45, 2.75) is 6.18 Å². The van der Waals surface area contributed by atoms with E-state index in [0.717, 1.165) is 24.3 Å². The summed E-state index contributed by atoms with van der Waals surface area (Å²) in [6.07, 6.45) is -4.45. The van der Waals surface area contributed by atoms with Gasteiger partial charge < -0.3 is 15.8 Å². The fraction of sp³-hybridized carbons (Fsp3) is 0.118. The number of halogens is 3. The molecule has 0 aliphatic heterocycles. The topological polar surface area (TPSA) is 95.1 Å². The monoisotopic (exact) mass is 377 g/mol. The average molecular weight is 377 g/mol. The van der Waals surface area contributed by atoms with Crippen LogP contribution in [0, 0.1) is 0 Å². The summed E-state index contributed by atoms with van der Waals surface area (Å²) in [7, 11) is 1.48. The molecule has 0 fully saturated rings. The van der Waals surface area contributed by atoms with E-state index in [4.69, 9.17) is 10.5 Å². The minimum absolute atomic E-state index is 0.0380. The lowest BCUT2D eigenvalue weighted by atomic mass is 10.2. The molecule has 0 bridgehead atoms. The zero-order valence-electron chi connectivity index (χ0n) is 14.0. The molecule has 1 heterocycles. The van der Waals surface area contributed by atoms with Gasteiger partial charge in [-0.2, -0.15) is 17.9 Å². The molecular weight excluding hydrogens is 363 g/mol. The summed E-state index contributed by atoms with van der Waals surface area (Å²) in [6, 6.07) is 10.9. The van der Waals surface area contributed by atoms with Gasteiger partial charge in [0.1, 0.15) is 11.4 Å². The highest BCUT2D eigenvalue weighted by Crippen LogP contribution is 2.30. The van der Waals surface area contributed by atoms with Gasteiger partial charge in [-0.15, -0.1) is 5.10 Å². The molecule has 0 unspecified atom stereocenters. The van der Waals surface area contributed by atoms with Crippen LogP contribution in [-0.4, -0.2) is 28.0 Å². The largest absolute Gasteiger partial charge is 0.494 e. The van der Waals surface area contributed by atoms with Crippen LogP contribution in [0.25, 0.3) is 5.69 Å². The van der Waals surface area contributed by atoms with Crippen LogP contribution in [-0.2, 0) is 6.18 Å². The Morgan fingerprint density at radius 2 is 1.81 bits per heavy atom. The molecule has 0 radical (unpaired) electrons. The van der Waals surface area contributed by atoms with Crippen molar-refractivity contribution in [2.75, 3.05) is 18.2 Å². The second-order valence-electron chi connectivity index (χ2n) is 5.44. The van der Waals surface area contributed by atoms with Crippen LogP contribution >= 0.6 is 0 Å². The first-order valence-corrected chi connectivity index (χ1v) is 7.64. The number of nitrogens with one attached hydrogen (secondary N) is 1. The number of carbonyl (C=O) groups is 1. The van der Waals surface area contributed by atoms with Gasteiger partial charge in [0.15, 0.2) is 11.5 Å². The lowest BCUT2D eigenvalue weighted by molar-refractivity contribution is -0.137. The van der Waals surface area contributed by atoms with Crippen molar-refractivity contribution in [3.63, 3.8) is 0 Å². The van der Waals surface area contributed by atoms with E-state index in [1.807, 2.05) is 0 Å². The molecule has 1 amide bonds. The Labute approximate surface area is 151 Å². The highest BCUT2D eigenvalue weighted by Gasteiger charge is 2.30. The van der Waals surface area contributed by atoms with Gasteiger partial charge in [-0.25, -0.2) is 0 Å². The number of para-hydroxylation sites is 2. The number of hydrogen-bond acceptors (Lipinski definition) is 5.